The first-order valence-corrected chi connectivity index (χ1v) is 9.94. The molecule has 2 radical (unpaired) electrons. The SMILES string of the molecule is [BH-][P+](c1ccccc1C)(c1ccccc1C)c1ccccc1C. The van der Waals surface area contributed by atoms with E-state index in [1.165, 1.54) is 32.6 Å². The molecule has 0 aliphatic rings. The van der Waals surface area contributed by atoms with E-state index in [0.29, 0.717) is 0 Å². The Hall–Kier alpha value is -1.85. The zero-order valence-electron chi connectivity index (χ0n) is 14.1. The van der Waals surface area contributed by atoms with Gasteiger partial charge in [-0.15, -0.1) is 7.14 Å². The number of hydrogen-bond acceptors (Lipinski definition) is 0. The highest BCUT2D eigenvalue weighted by atomic mass is 31.2. The lowest BCUT2D eigenvalue weighted by molar-refractivity contribution is 1.49. The third-order valence-electron chi connectivity index (χ3n) is 4.58. The predicted octanol–water partition coefficient (Wildman–Crippen LogP) is 3.72. The van der Waals surface area contributed by atoms with E-state index in [1.807, 2.05) is 0 Å². The van der Waals surface area contributed by atoms with Crippen molar-refractivity contribution in [2.75, 3.05) is 0 Å². The molecule has 0 nitrogen and oxygen atoms in total. The van der Waals surface area contributed by atoms with Gasteiger partial charge in [-0.3, -0.25) is 0 Å². The molecule has 3 aromatic rings. The predicted molar refractivity (Wildman–Crippen MR) is 107 cm³/mol. The maximum absolute atomic E-state index is 4.87. The fourth-order valence-electron chi connectivity index (χ4n) is 3.36. The molecule has 0 saturated carbocycles. The van der Waals surface area contributed by atoms with Crippen LogP contribution in [0.3, 0.4) is 0 Å². The minimum atomic E-state index is -1.89. The molecule has 0 aliphatic heterocycles. The first kappa shape index (κ1) is 16.0. The highest BCUT2D eigenvalue weighted by Crippen LogP contribution is 2.52. The molecule has 0 atom stereocenters. The van der Waals surface area contributed by atoms with Crippen molar-refractivity contribution >= 4 is 30.6 Å². The molecule has 0 heterocycles. The topological polar surface area (TPSA) is 0 Å². The maximum Gasteiger partial charge on any atom is 0.0571 e. The Balaban J connectivity index is 2.38. The monoisotopic (exact) mass is 316 g/mol. The molecule has 3 rings (SSSR count). The van der Waals surface area contributed by atoms with Gasteiger partial charge in [-0.05, 0) is 55.7 Å². The van der Waals surface area contributed by atoms with Gasteiger partial charge < -0.3 is 0 Å². The minimum Gasteiger partial charge on any atom is -0.116 e. The second-order valence-electron chi connectivity index (χ2n) is 6.17. The van der Waals surface area contributed by atoms with E-state index in [9.17, 15) is 0 Å². The van der Waals surface area contributed by atoms with Crippen LogP contribution in [0.5, 0.6) is 0 Å². The standard InChI is InChI=1S/C21H22BP/c1-16-10-4-7-13-19(16)23(22,20-14-8-5-11-17(20)2)21-15-9-6-12-18(21)3/h4-15,22H,1-3H3. The Morgan fingerprint density at radius 1 is 0.522 bits per heavy atom. The molecule has 0 bridgehead atoms. The van der Waals surface area contributed by atoms with Gasteiger partial charge in [-0.1, -0.05) is 62.2 Å². The number of aryl methyl sites for hydroxylation is 3. The van der Waals surface area contributed by atoms with Crippen molar-refractivity contribution in [2.45, 2.75) is 20.8 Å². The normalized spacial score (nSPS) is 11.5. The summed E-state index contributed by atoms with van der Waals surface area (Å²) in [5.41, 5.74) is 3.96. The van der Waals surface area contributed by atoms with Crippen LogP contribution in [-0.4, -0.2) is 7.57 Å². The zero-order chi connectivity index (χ0) is 16.4. The van der Waals surface area contributed by atoms with Gasteiger partial charge in [0.2, 0.25) is 0 Å². The second-order valence-corrected chi connectivity index (χ2v) is 9.23. The summed E-state index contributed by atoms with van der Waals surface area (Å²) in [6.45, 7) is 6.60. The lowest BCUT2D eigenvalue weighted by Gasteiger charge is -2.37. The first-order valence-electron chi connectivity index (χ1n) is 7.97. The highest BCUT2D eigenvalue weighted by Gasteiger charge is 2.33. The summed E-state index contributed by atoms with van der Waals surface area (Å²) in [4.78, 5) is 0. The molecule has 0 saturated heterocycles. The molecule has 0 unspecified atom stereocenters. The quantitative estimate of drug-likeness (QED) is 0.510. The summed E-state index contributed by atoms with van der Waals surface area (Å²) in [7, 11) is 2.98. The molecule has 2 heteroatoms. The Bertz CT molecular complexity index is 728. The van der Waals surface area contributed by atoms with Gasteiger partial charge in [0, 0.05) is 0 Å². The van der Waals surface area contributed by atoms with Gasteiger partial charge >= 0.3 is 0 Å². The van der Waals surface area contributed by atoms with Gasteiger partial charge in [0.25, 0.3) is 0 Å². The van der Waals surface area contributed by atoms with Crippen LogP contribution in [0.15, 0.2) is 72.8 Å². The summed E-state index contributed by atoms with van der Waals surface area (Å²) in [5.74, 6) is 0. The summed E-state index contributed by atoms with van der Waals surface area (Å²) in [5, 5.41) is 4.14. The number of rotatable bonds is 3. The van der Waals surface area contributed by atoms with Crippen LogP contribution >= 0.6 is 7.14 Å². The van der Waals surface area contributed by atoms with Crippen LogP contribution < -0.4 is 15.9 Å². The molecule has 23 heavy (non-hydrogen) atoms. The van der Waals surface area contributed by atoms with E-state index in [-0.39, 0.29) is 0 Å². The fourth-order valence-corrected chi connectivity index (χ4v) is 7.19. The zero-order valence-corrected chi connectivity index (χ0v) is 15.0. The van der Waals surface area contributed by atoms with E-state index >= 15 is 0 Å². The maximum atomic E-state index is 4.87. The first-order chi connectivity index (χ1) is 11.0. The smallest absolute Gasteiger partial charge is 0.0571 e. The van der Waals surface area contributed by atoms with Crippen LogP contribution in [0.1, 0.15) is 16.7 Å². The van der Waals surface area contributed by atoms with E-state index in [4.69, 9.17) is 7.57 Å². The number of benzene rings is 3. The summed E-state index contributed by atoms with van der Waals surface area (Å²) in [6, 6.07) is 26.1. The van der Waals surface area contributed by atoms with Crippen molar-refractivity contribution in [1.82, 2.24) is 0 Å². The molecule has 3 aromatic carbocycles. The largest absolute Gasteiger partial charge is 0.116 e. The third-order valence-corrected chi connectivity index (χ3v) is 8.55. The third kappa shape index (κ3) is 2.75. The van der Waals surface area contributed by atoms with Gasteiger partial charge in [0.1, 0.15) is 0 Å². The second kappa shape index (κ2) is 6.34. The summed E-state index contributed by atoms with van der Waals surface area (Å²) < 4.78 is 0. The molecule has 114 valence electrons. The fraction of sp³-hybridized carbons (Fsp3) is 0.143. The van der Waals surface area contributed by atoms with E-state index < -0.39 is 7.14 Å². The average molecular weight is 316 g/mol. The highest BCUT2D eigenvalue weighted by molar-refractivity contribution is 8.13. The molecule has 0 spiro atoms. The van der Waals surface area contributed by atoms with Crippen LogP contribution in [0.4, 0.5) is 0 Å². The molecule has 0 aliphatic carbocycles. The van der Waals surface area contributed by atoms with Crippen molar-refractivity contribution in [3.05, 3.63) is 89.5 Å². The molecule has 0 amide bonds. The van der Waals surface area contributed by atoms with Crippen LogP contribution in [0, 0.1) is 20.8 Å². The Morgan fingerprint density at radius 2 is 0.783 bits per heavy atom. The Morgan fingerprint density at radius 3 is 1.04 bits per heavy atom. The van der Waals surface area contributed by atoms with Gasteiger partial charge in [0.05, 0.1) is 15.9 Å². The van der Waals surface area contributed by atoms with Crippen LogP contribution in [0.25, 0.3) is 0 Å². The van der Waals surface area contributed by atoms with Gasteiger partial charge in [-0.2, -0.15) is 0 Å². The van der Waals surface area contributed by atoms with Crippen LogP contribution in [-0.2, 0) is 0 Å². The molecular formula is C21H22BP. The van der Waals surface area contributed by atoms with Crippen molar-refractivity contribution in [3.8, 4) is 0 Å². The van der Waals surface area contributed by atoms with Crippen molar-refractivity contribution < 1.29 is 0 Å². The molecule has 0 fully saturated rings. The molecule has 0 aromatic heterocycles. The van der Waals surface area contributed by atoms with Crippen molar-refractivity contribution in [3.63, 3.8) is 0 Å². The van der Waals surface area contributed by atoms with E-state index in [0.717, 1.165) is 0 Å². The molecule has 0 N–H and O–H groups in total. The van der Waals surface area contributed by atoms with E-state index in [2.05, 4.69) is 93.6 Å². The van der Waals surface area contributed by atoms with Gasteiger partial charge in [0.15, 0.2) is 0 Å². The van der Waals surface area contributed by atoms with Crippen molar-refractivity contribution in [1.29, 1.82) is 0 Å². The number of hydrogen-bond donors (Lipinski definition) is 0. The van der Waals surface area contributed by atoms with Crippen LogP contribution in [0.2, 0.25) is 0 Å². The lowest BCUT2D eigenvalue weighted by atomic mass is 10.2. The molecular weight excluding hydrogens is 294 g/mol. The average Bonchev–Trinajstić information content (AvgIpc) is 2.55. The van der Waals surface area contributed by atoms with Crippen molar-refractivity contribution in [2.24, 2.45) is 0 Å². The summed E-state index contributed by atoms with van der Waals surface area (Å²) >= 11 is 0. The Kier molecular flexibility index (Phi) is 4.42. The minimum absolute atomic E-state index is 1.32. The lowest BCUT2D eigenvalue weighted by Crippen LogP contribution is -2.35. The van der Waals surface area contributed by atoms with E-state index in [1.54, 1.807) is 0 Å². The summed E-state index contributed by atoms with van der Waals surface area (Å²) in [6.07, 6.45) is 0. The van der Waals surface area contributed by atoms with Gasteiger partial charge in [-0.25, -0.2) is 0 Å². The Labute approximate surface area is 141 Å².